The van der Waals surface area contributed by atoms with Crippen LogP contribution in [0.25, 0.3) is 10.9 Å². The Morgan fingerprint density at radius 3 is 2.77 bits per heavy atom. The maximum absolute atomic E-state index is 12.3. The largest absolute Gasteiger partial charge is 0.358 e. The van der Waals surface area contributed by atoms with Gasteiger partial charge in [-0.3, -0.25) is 13.9 Å². The molecule has 0 bridgehead atoms. The van der Waals surface area contributed by atoms with Gasteiger partial charge in [-0.05, 0) is 42.3 Å². The van der Waals surface area contributed by atoms with Crippen molar-refractivity contribution in [2.75, 3.05) is 24.2 Å². The molecule has 1 aliphatic rings. The van der Waals surface area contributed by atoms with Crippen molar-refractivity contribution in [2.24, 2.45) is 5.73 Å². The zero-order valence-corrected chi connectivity index (χ0v) is 17.8. The number of fused-ring (bicyclic) bond motifs is 2. The zero-order valence-electron chi connectivity index (χ0n) is 17.0. The molecule has 1 aromatic heterocycles. The van der Waals surface area contributed by atoms with E-state index in [0.29, 0.717) is 29.4 Å². The van der Waals surface area contributed by atoms with Crippen molar-refractivity contribution in [3.05, 3.63) is 65.2 Å². The summed E-state index contributed by atoms with van der Waals surface area (Å²) >= 11 is 0. The molecule has 1 atom stereocenters. The average molecular weight is 427 g/mol. The maximum Gasteiger partial charge on any atom is 0.241 e. The highest BCUT2D eigenvalue weighted by Crippen LogP contribution is 2.51. The third-order valence-corrected chi connectivity index (χ3v) is 7.36. The normalized spacial score (nSPS) is 17.7. The summed E-state index contributed by atoms with van der Waals surface area (Å²) in [4.78, 5) is 19.7. The maximum atomic E-state index is 12.3. The number of hydrogen-bond acceptors (Lipinski definition) is 6. The smallest absolute Gasteiger partial charge is 0.241 e. The Hall–Kier alpha value is -2.65. The van der Waals surface area contributed by atoms with E-state index in [-0.39, 0.29) is 11.7 Å². The van der Waals surface area contributed by atoms with Crippen LogP contribution in [0.5, 0.6) is 0 Å². The predicted octanol–water partition coefficient (Wildman–Crippen LogP) is 3.42. The molecular formula is C22H26N4O3S. The van der Waals surface area contributed by atoms with Crippen LogP contribution in [0.1, 0.15) is 22.7 Å². The Kier molecular flexibility index (Phi) is 5.42. The van der Waals surface area contributed by atoms with Gasteiger partial charge in [0.2, 0.25) is 5.91 Å². The molecule has 0 saturated carbocycles. The lowest BCUT2D eigenvalue weighted by Gasteiger charge is -2.32. The molecule has 5 N–H and O–H groups in total. The highest BCUT2D eigenvalue weighted by Gasteiger charge is 2.27. The van der Waals surface area contributed by atoms with E-state index in [2.05, 4.69) is 5.32 Å². The zero-order chi connectivity index (χ0) is 21.5. The standard InChI is InChI=1S/C22H26N4O3S/c1-14-7-8-18-16(11-14)17(21(23)22(27)24-2)12-20(25-18)26-9-10-30(28,29)19-6-4-3-5-15(19)13-26/h3-8,11-12,21,28-29H,9-10,13,23H2,1-2H3,(H,24,27). The molecule has 4 rings (SSSR count). The molecule has 2 heterocycles. The number of carbonyl (C=O) groups is 1. The number of nitrogens with one attached hydrogen (secondary N) is 1. The van der Waals surface area contributed by atoms with Crippen LogP contribution in [0, 0.1) is 6.92 Å². The average Bonchev–Trinajstić information content (AvgIpc) is 2.88. The van der Waals surface area contributed by atoms with Crippen LogP contribution >= 0.6 is 10.6 Å². The Balaban J connectivity index is 1.83. The molecule has 30 heavy (non-hydrogen) atoms. The van der Waals surface area contributed by atoms with E-state index in [1.807, 2.05) is 54.3 Å². The van der Waals surface area contributed by atoms with Gasteiger partial charge in [-0.15, -0.1) is 0 Å². The third-order valence-electron chi connectivity index (χ3n) is 5.50. The number of hydrogen-bond donors (Lipinski definition) is 4. The summed E-state index contributed by atoms with van der Waals surface area (Å²) in [6.07, 6.45) is 0. The van der Waals surface area contributed by atoms with E-state index in [4.69, 9.17) is 10.7 Å². The van der Waals surface area contributed by atoms with Gasteiger partial charge in [0.25, 0.3) is 0 Å². The molecule has 1 amide bonds. The quantitative estimate of drug-likeness (QED) is 0.511. The molecule has 2 aromatic carbocycles. The summed E-state index contributed by atoms with van der Waals surface area (Å²) in [7, 11) is -1.31. The minimum Gasteiger partial charge on any atom is -0.358 e. The van der Waals surface area contributed by atoms with Gasteiger partial charge in [-0.25, -0.2) is 4.98 Å². The second kappa shape index (κ2) is 7.88. The van der Waals surface area contributed by atoms with Gasteiger partial charge in [0, 0.05) is 25.5 Å². The molecule has 1 aliphatic heterocycles. The summed E-state index contributed by atoms with van der Waals surface area (Å²) in [5, 5.41) is 3.46. The van der Waals surface area contributed by atoms with E-state index in [1.54, 1.807) is 13.1 Å². The van der Waals surface area contributed by atoms with Crippen molar-refractivity contribution in [3.8, 4) is 0 Å². The first-order chi connectivity index (χ1) is 14.3. The number of aryl methyl sites for hydroxylation is 1. The van der Waals surface area contributed by atoms with Gasteiger partial charge in [0.15, 0.2) is 0 Å². The SMILES string of the molecule is CNC(=O)C(N)c1cc(N2CCS(O)(O)c3ccccc3C2)nc2ccc(C)cc12. The first kappa shape index (κ1) is 20.6. The number of aromatic nitrogens is 1. The fraction of sp³-hybridized carbons (Fsp3) is 0.273. The van der Waals surface area contributed by atoms with Crippen LogP contribution in [0.15, 0.2) is 53.4 Å². The molecule has 0 spiro atoms. The highest BCUT2D eigenvalue weighted by atomic mass is 32.3. The summed E-state index contributed by atoms with van der Waals surface area (Å²) < 4.78 is 21.3. The third kappa shape index (κ3) is 3.75. The van der Waals surface area contributed by atoms with Gasteiger partial charge in [0.1, 0.15) is 11.9 Å². The number of amides is 1. The van der Waals surface area contributed by atoms with Gasteiger partial charge in [0.05, 0.1) is 16.2 Å². The number of anilines is 1. The summed E-state index contributed by atoms with van der Waals surface area (Å²) in [6, 6.07) is 14.3. The summed E-state index contributed by atoms with van der Waals surface area (Å²) in [5.41, 5.74) is 9.64. The summed E-state index contributed by atoms with van der Waals surface area (Å²) in [6.45, 7) is 2.90. The minimum absolute atomic E-state index is 0.217. The molecule has 0 fully saturated rings. The van der Waals surface area contributed by atoms with E-state index in [9.17, 15) is 13.9 Å². The molecule has 7 nitrogen and oxygen atoms in total. The molecule has 8 heteroatoms. The van der Waals surface area contributed by atoms with E-state index in [0.717, 1.165) is 22.0 Å². The van der Waals surface area contributed by atoms with Crippen LogP contribution in [0.4, 0.5) is 5.82 Å². The predicted molar refractivity (Wildman–Crippen MR) is 121 cm³/mol. The van der Waals surface area contributed by atoms with Crippen LogP contribution in [-0.4, -0.2) is 39.3 Å². The van der Waals surface area contributed by atoms with Crippen LogP contribution in [-0.2, 0) is 11.3 Å². The molecule has 158 valence electrons. The molecule has 0 saturated heterocycles. The lowest BCUT2D eigenvalue weighted by molar-refractivity contribution is -0.121. The first-order valence-electron chi connectivity index (χ1n) is 9.77. The summed E-state index contributed by atoms with van der Waals surface area (Å²) in [5.74, 6) is 0.604. The number of pyridine rings is 1. The second-order valence-corrected chi connectivity index (χ2v) is 9.76. The van der Waals surface area contributed by atoms with Gasteiger partial charge < -0.3 is 16.0 Å². The number of carbonyl (C=O) groups excluding carboxylic acids is 1. The Morgan fingerprint density at radius 1 is 1.23 bits per heavy atom. The Labute approximate surface area is 177 Å². The topological polar surface area (TPSA) is 112 Å². The monoisotopic (exact) mass is 426 g/mol. The van der Waals surface area contributed by atoms with Crippen LogP contribution in [0.3, 0.4) is 0 Å². The highest BCUT2D eigenvalue weighted by molar-refractivity contribution is 8.24. The first-order valence-corrected chi connectivity index (χ1v) is 11.5. The van der Waals surface area contributed by atoms with Gasteiger partial charge >= 0.3 is 0 Å². The minimum atomic E-state index is -2.87. The second-order valence-electron chi connectivity index (χ2n) is 7.58. The van der Waals surface area contributed by atoms with Crippen molar-refractivity contribution in [2.45, 2.75) is 24.4 Å². The molecular weight excluding hydrogens is 400 g/mol. The number of likely N-dealkylation sites (N-methyl/N-ethyl adjacent to an activating group) is 1. The van der Waals surface area contributed by atoms with Crippen LogP contribution in [0.2, 0.25) is 0 Å². The number of rotatable bonds is 3. The van der Waals surface area contributed by atoms with Crippen molar-refractivity contribution in [1.82, 2.24) is 10.3 Å². The van der Waals surface area contributed by atoms with E-state index >= 15 is 0 Å². The van der Waals surface area contributed by atoms with Crippen molar-refractivity contribution in [3.63, 3.8) is 0 Å². The van der Waals surface area contributed by atoms with Gasteiger partial charge in [-0.2, -0.15) is 10.6 Å². The lowest BCUT2D eigenvalue weighted by Crippen LogP contribution is -2.32. The fourth-order valence-electron chi connectivity index (χ4n) is 3.85. The fourth-order valence-corrected chi connectivity index (χ4v) is 5.39. The van der Waals surface area contributed by atoms with Gasteiger partial charge in [-0.1, -0.05) is 29.8 Å². The number of nitrogens with two attached hydrogens (primary N) is 1. The Morgan fingerprint density at radius 2 is 2.00 bits per heavy atom. The molecule has 3 aromatic rings. The van der Waals surface area contributed by atoms with Crippen molar-refractivity contribution < 1.29 is 13.9 Å². The van der Waals surface area contributed by atoms with E-state index < -0.39 is 16.6 Å². The Bertz CT molecular complexity index is 1120. The lowest BCUT2D eigenvalue weighted by atomic mass is 10.00. The van der Waals surface area contributed by atoms with E-state index in [1.165, 1.54) is 0 Å². The number of benzene rings is 2. The molecule has 0 radical (unpaired) electrons. The molecule has 0 aliphatic carbocycles. The van der Waals surface area contributed by atoms with Crippen molar-refractivity contribution in [1.29, 1.82) is 0 Å². The van der Waals surface area contributed by atoms with Crippen molar-refractivity contribution >= 4 is 33.2 Å². The van der Waals surface area contributed by atoms with Crippen LogP contribution < -0.4 is 16.0 Å². The number of nitrogens with zero attached hydrogens (tertiary/aromatic N) is 2. The molecule has 1 unspecified atom stereocenters.